The summed E-state index contributed by atoms with van der Waals surface area (Å²) in [4.78, 5) is 12.4. The van der Waals surface area contributed by atoms with Crippen LogP contribution in [0, 0.1) is 13.8 Å². The van der Waals surface area contributed by atoms with Gasteiger partial charge < -0.3 is 5.11 Å². The lowest BCUT2D eigenvalue weighted by Gasteiger charge is -2.41. The Morgan fingerprint density at radius 1 is 0.970 bits per heavy atom. The number of carboxylic acid groups (broad SMARTS) is 1. The van der Waals surface area contributed by atoms with Crippen molar-refractivity contribution >= 4 is 27.6 Å². The lowest BCUT2D eigenvalue weighted by Crippen LogP contribution is -2.42. The zero-order chi connectivity index (χ0) is 23.8. The molecule has 33 heavy (non-hydrogen) atoms. The number of carbonyl (C=O) groups is 1. The Hall–Kier alpha value is -2.93. The first-order valence-corrected chi connectivity index (χ1v) is 12.4. The Morgan fingerprint density at radius 3 is 2.30 bits per heavy atom. The Kier molecular flexibility index (Phi) is 6.43. The zero-order valence-electron chi connectivity index (χ0n) is 18.3. The average molecular weight is 482 g/mol. The minimum atomic E-state index is -4.08. The lowest BCUT2D eigenvalue weighted by atomic mass is 9.89. The zero-order valence-corrected chi connectivity index (χ0v) is 19.8. The molecule has 1 N–H and O–H groups in total. The molecule has 0 saturated heterocycles. The first-order valence-electron chi connectivity index (χ1n) is 10.5. The molecule has 4 rings (SSSR count). The van der Waals surface area contributed by atoms with Crippen LogP contribution in [-0.2, 0) is 14.8 Å². The van der Waals surface area contributed by atoms with Crippen molar-refractivity contribution < 1.29 is 18.3 Å². The highest BCUT2D eigenvalue weighted by Gasteiger charge is 2.44. The smallest absolute Gasteiger partial charge is 0.333 e. The largest absolute Gasteiger partial charge is 0.478 e. The van der Waals surface area contributed by atoms with E-state index in [0.717, 1.165) is 11.1 Å². The predicted octanol–water partition coefficient (Wildman–Crippen LogP) is 5.84. The molecule has 0 bridgehead atoms. The summed E-state index contributed by atoms with van der Waals surface area (Å²) in [6.07, 6.45) is 1.87. The van der Waals surface area contributed by atoms with Gasteiger partial charge in [0, 0.05) is 5.02 Å². The average Bonchev–Trinajstić information content (AvgIpc) is 2.78. The summed E-state index contributed by atoms with van der Waals surface area (Å²) in [6, 6.07) is 19.5. The van der Waals surface area contributed by atoms with Crippen LogP contribution in [0.3, 0.4) is 0 Å². The second kappa shape index (κ2) is 9.14. The number of aliphatic carboxylic acids is 1. The van der Waals surface area contributed by atoms with E-state index in [1.807, 2.05) is 25.1 Å². The maximum absolute atomic E-state index is 14.2. The van der Waals surface area contributed by atoms with Crippen LogP contribution in [0.2, 0.25) is 5.02 Å². The summed E-state index contributed by atoms with van der Waals surface area (Å²) in [6.45, 7) is 3.64. The molecule has 1 aliphatic heterocycles. The Morgan fingerprint density at radius 2 is 1.67 bits per heavy atom. The topological polar surface area (TPSA) is 74.7 Å². The first kappa shape index (κ1) is 23.2. The molecule has 0 fully saturated rings. The van der Waals surface area contributed by atoms with Gasteiger partial charge in [-0.1, -0.05) is 77.8 Å². The first-order chi connectivity index (χ1) is 15.7. The van der Waals surface area contributed by atoms with Crippen molar-refractivity contribution in [2.45, 2.75) is 37.2 Å². The van der Waals surface area contributed by atoms with Crippen molar-refractivity contribution in [3.8, 4) is 0 Å². The van der Waals surface area contributed by atoms with Gasteiger partial charge in [-0.3, -0.25) is 0 Å². The van der Waals surface area contributed by atoms with Crippen molar-refractivity contribution in [2.75, 3.05) is 0 Å². The minimum absolute atomic E-state index is 0.0444. The molecule has 0 spiro atoms. The molecule has 7 heteroatoms. The number of nitrogens with zero attached hydrogens (tertiary/aromatic N) is 1. The number of sulfonamides is 1. The molecule has 3 aromatic carbocycles. The van der Waals surface area contributed by atoms with Crippen LogP contribution >= 0.6 is 11.6 Å². The van der Waals surface area contributed by atoms with E-state index in [0.29, 0.717) is 16.1 Å². The number of aryl methyl sites for hydroxylation is 2. The number of hydrogen-bond acceptors (Lipinski definition) is 3. The summed E-state index contributed by atoms with van der Waals surface area (Å²) < 4.78 is 29.7. The SMILES string of the molecule is Cc1cccc(C2C(C(=O)O)=CC[C@@H](c3ccc(Cl)cc3)N2S(=O)(=O)c2ccccc2C)c1. The van der Waals surface area contributed by atoms with Gasteiger partial charge in [0.15, 0.2) is 0 Å². The highest BCUT2D eigenvalue weighted by Crippen LogP contribution is 2.46. The number of benzene rings is 3. The van der Waals surface area contributed by atoms with Crippen LogP contribution < -0.4 is 0 Å². The fraction of sp³-hybridized carbons (Fsp3) is 0.192. The van der Waals surface area contributed by atoms with Gasteiger partial charge in [-0.05, 0) is 55.2 Å². The summed E-state index contributed by atoms with van der Waals surface area (Å²) in [5.74, 6) is -1.14. The van der Waals surface area contributed by atoms with Crippen molar-refractivity contribution in [2.24, 2.45) is 0 Å². The van der Waals surface area contributed by atoms with Gasteiger partial charge in [0.1, 0.15) is 0 Å². The van der Waals surface area contributed by atoms with Crippen molar-refractivity contribution in [3.05, 3.63) is 112 Å². The summed E-state index contributed by atoms with van der Waals surface area (Å²) >= 11 is 6.08. The fourth-order valence-corrected chi connectivity index (χ4v) is 6.51. The molecule has 1 unspecified atom stereocenters. The minimum Gasteiger partial charge on any atom is -0.478 e. The third-order valence-corrected chi connectivity index (χ3v) is 8.21. The van der Waals surface area contributed by atoms with E-state index >= 15 is 0 Å². The van der Waals surface area contributed by atoms with Crippen LogP contribution in [0.4, 0.5) is 0 Å². The van der Waals surface area contributed by atoms with Crippen molar-refractivity contribution in [1.82, 2.24) is 4.31 Å². The molecular formula is C26H24ClNO4S. The molecule has 170 valence electrons. The monoisotopic (exact) mass is 481 g/mol. The lowest BCUT2D eigenvalue weighted by molar-refractivity contribution is -0.133. The number of halogens is 1. The molecule has 0 saturated carbocycles. The van der Waals surface area contributed by atoms with Gasteiger partial charge in [0.2, 0.25) is 10.0 Å². The Labute approximate surface area is 199 Å². The van der Waals surface area contributed by atoms with E-state index in [-0.39, 0.29) is 16.9 Å². The van der Waals surface area contributed by atoms with E-state index in [2.05, 4.69) is 0 Å². The predicted molar refractivity (Wildman–Crippen MR) is 129 cm³/mol. The molecule has 5 nitrogen and oxygen atoms in total. The Bertz CT molecular complexity index is 1330. The molecule has 0 aromatic heterocycles. The number of carboxylic acids is 1. The molecule has 1 aliphatic rings. The quantitative estimate of drug-likeness (QED) is 0.496. The highest BCUT2D eigenvalue weighted by molar-refractivity contribution is 7.89. The summed E-state index contributed by atoms with van der Waals surface area (Å²) in [5, 5.41) is 10.6. The standard InChI is InChI=1S/C26H24ClNO4S/c1-17-6-5-8-20(16-17)25-22(26(29)30)14-15-23(19-10-12-21(27)13-11-19)28(25)33(31,32)24-9-4-3-7-18(24)2/h3-14,16,23,25H,15H2,1-2H3,(H,29,30)/t23-,25?/m0/s1. The summed E-state index contributed by atoms with van der Waals surface area (Å²) in [5.41, 5.74) is 2.92. The van der Waals surface area contributed by atoms with Crippen LogP contribution in [0.25, 0.3) is 0 Å². The molecule has 1 heterocycles. The summed E-state index contributed by atoms with van der Waals surface area (Å²) in [7, 11) is -4.08. The molecule has 0 radical (unpaired) electrons. The number of rotatable bonds is 5. The highest BCUT2D eigenvalue weighted by atomic mass is 35.5. The molecule has 0 amide bonds. The van der Waals surface area contributed by atoms with Gasteiger partial charge >= 0.3 is 5.97 Å². The second-order valence-electron chi connectivity index (χ2n) is 8.18. The Balaban J connectivity index is 2.00. The van der Waals surface area contributed by atoms with E-state index in [1.54, 1.807) is 67.6 Å². The van der Waals surface area contributed by atoms with Crippen LogP contribution in [0.5, 0.6) is 0 Å². The number of hydrogen-bond donors (Lipinski definition) is 1. The molecule has 2 atom stereocenters. The van der Waals surface area contributed by atoms with E-state index < -0.39 is 28.1 Å². The van der Waals surface area contributed by atoms with E-state index in [9.17, 15) is 18.3 Å². The van der Waals surface area contributed by atoms with E-state index in [4.69, 9.17) is 11.6 Å². The molecule has 0 aliphatic carbocycles. The van der Waals surface area contributed by atoms with Crippen molar-refractivity contribution in [3.63, 3.8) is 0 Å². The molecule has 3 aromatic rings. The van der Waals surface area contributed by atoms with Gasteiger partial charge in [0.05, 0.1) is 22.6 Å². The maximum atomic E-state index is 14.2. The van der Waals surface area contributed by atoms with Crippen LogP contribution in [-0.4, -0.2) is 23.8 Å². The van der Waals surface area contributed by atoms with Gasteiger partial charge in [-0.2, -0.15) is 4.31 Å². The normalized spacial score (nSPS) is 19.2. The maximum Gasteiger partial charge on any atom is 0.333 e. The van der Waals surface area contributed by atoms with E-state index in [1.165, 1.54) is 4.31 Å². The van der Waals surface area contributed by atoms with Gasteiger partial charge in [0.25, 0.3) is 0 Å². The molecular weight excluding hydrogens is 458 g/mol. The second-order valence-corrected chi connectivity index (χ2v) is 10.4. The third kappa shape index (κ3) is 4.47. The van der Waals surface area contributed by atoms with Gasteiger partial charge in [-0.15, -0.1) is 0 Å². The van der Waals surface area contributed by atoms with Crippen molar-refractivity contribution in [1.29, 1.82) is 0 Å². The van der Waals surface area contributed by atoms with Crippen LogP contribution in [0.15, 0.2) is 89.3 Å². The fourth-order valence-electron chi connectivity index (χ4n) is 4.38. The van der Waals surface area contributed by atoms with Crippen LogP contribution in [0.1, 0.15) is 40.8 Å². The third-order valence-electron chi connectivity index (χ3n) is 5.93. The van der Waals surface area contributed by atoms with Gasteiger partial charge in [-0.25, -0.2) is 13.2 Å².